The minimum atomic E-state index is -3.44. The molecule has 136 valence electrons. The van der Waals surface area contributed by atoms with E-state index in [-0.39, 0.29) is 43.3 Å². The second-order valence-corrected chi connectivity index (χ2v) is 7.35. The molecule has 3 N–H and O–H groups in total. The van der Waals surface area contributed by atoms with Crippen molar-refractivity contribution in [3.63, 3.8) is 0 Å². The Morgan fingerprint density at radius 3 is 2.71 bits per heavy atom. The number of amides is 1. The van der Waals surface area contributed by atoms with Gasteiger partial charge in [-0.15, -0.1) is 12.4 Å². The molecule has 0 bridgehead atoms. The van der Waals surface area contributed by atoms with E-state index in [1.54, 1.807) is 0 Å². The maximum atomic E-state index is 12.0. The first kappa shape index (κ1) is 20.9. The number of halogens is 1. The van der Waals surface area contributed by atoms with Crippen LogP contribution >= 0.6 is 12.4 Å². The number of sulfonamides is 1. The summed E-state index contributed by atoms with van der Waals surface area (Å²) in [5, 5.41) is 5.70. The number of rotatable bonds is 7. The molecule has 0 aromatic heterocycles. The van der Waals surface area contributed by atoms with Crippen LogP contribution in [0.1, 0.15) is 12.5 Å². The summed E-state index contributed by atoms with van der Waals surface area (Å²) < 4.78 is 31.8. The highest BCUT2D eigenvalue weighted by atomic mass is 35.5. The number of hydrogen-bond donors (Lipinski definition) is 3. The van der Waals surface area contributed by atoms with Gasteiger partial charge in [-0.25, -0.2) is 13.1 Å². The smallest absolute Gasteiger partial charge is 0.239 e. The number of carbonyl (C=O) groups is 1. The highest BCUT2D eigenvalue weighted by Gasteiger charge is 2.28. The van der Waals surface area contributed by atoms with Gasteiger partial charge in [-0.1, -0.05) is 30.3 Å². The molecule has 1 aromatic carbocycles. The zero-order valence-corrected chi connectivity index (χ0v) is 15.2. The first-order chi connectivity index (χ1) is 11.0. The summed E-state index contributed by atoms with van der Waals surface area (Å²) in [6, 6.07) is 8.83. The zero-order chi connectivity index (χ0) is 16.7. The lowest BCUT2D eigenvalue weighted by Crippen LogP contribution is -2.56. The molecule has 2 rings (SSSR count). The second kappa shape index (κ2) is 9.95. The summed E-state index contributed by atoms with van der Waals surface area (Å²) in [5.41, 5.74) is 0.887. The topological polar surface area (TPSA) is 96.5 Å². The Bertz CT molecular complexity index is 612. The molecule has 0 unspecified atom stereocenters. The van der Waals surface area contributed by atoms with Gasteiger partial charge < -0.3 is 15.4 Å². The molecule has 7 nitrogen and oxygen atoms in total. The maximum Gasteiger partial charge on any atom is 0.239 e. The minimum Gasteiger partial charge on any atom is -0.375 e. The van der Waals surface area contributed by atoms with Gasteiger partial charge in [0.05, 0.1) is 18.5 Å². The number of hydrogen-bond acceptors (Lipinski definition) is 5. The van der Waals surface area contributed by atoms with Crippen molar-refractivity contribution in [1.29, 1.82) is 0 Å². The fraction of sp³-hybridized carbons (Fsp3) is 0.533. The standard InChI is InChI=1S/C15H23N3O4S.ClH/c1-12-14(16-7-9-22-12)15(19)17-8-10-23(20,21)18-11-13-5-3-2-4-6-13;/h2-6,12,14,16,18H,7-11H2,1H3,(H,17,19);1H/t12-,14+;/m1./s1. The molecule has 1 aliphatic rings. The van der Waals surface area contributed by atoms with Crippen LogP contribution in [0, 0.1) is 0 Å². The molecule has 1 saturated heterocycles. The van der Waals surface area contributed by atoms with Crippen LogP contribution in [0.25, 0.3) is 0 Å². The number of carbonyl (C=O) groups excluding carboxylic acids is 1. The molecule has 1 aliphatic heterocycles. The van der Waals surface area contributed by atoms with Gasteiger partial charge in [0.15, 0.2) is 0 Å². The van der Waals surface area contributed by atoms with E-state index in [1.807, 2.05) is 37.3 Å². The van der Waals surface area contributed by atoms with Crippen LogP contribution < -0.4 is 15.4 Å². The van der Waals surface area contributed by atoms with Crippen LogP contribution in [0.2, 0.25) is 0 Å². The van der Waals surface area contributed by atoms with Crippen LogP contribution in [0.3, 0.4) is 0 Å². The SMILES string of the molecule is C[C@H]1OCCN[C@@H]1C(=O)NCCS(=O)(=O)NCc1ccccc1.Cl. The molecule has 1 fully saturated rings. The van der Waals surface area contributed by atoms with Crippen LogP contribution in [0.15, 0.2) is 30.3 Å². The Morgan fingerprint density at radius 1 is 1.33 bits per heavy atom. The Hall–Kier alpha value is -1.19. The maximum absolute atomic E-state index is 12.0. The van der Waals surface area contributed by atoms with E-state index in [0.29, 0.717) is 13.2 Å². The average Bonchev–Trinajstić information content (AvgIpc) is 2.54. The third kappa shape index (κ3) is 6.74. The van der Waals surface area contributed by atoms with Crippen molar-refractivity contribution in [3.8, 4) is 0 Å². The van der Waals surface area contributed by atoms with Crippen molar-refractivity contribution < 1.29 is 17.9 Å². The summed E-state index contributed by atoms with van der Waals surface area (Å²) in [4.78, 5) is 12.0. The van der Waals surface area contributed by atoms with Crippen molar-refractivity contribution in [3.05, 3.63) is 35.9 Å². The van der Waals surface area contributed by atoms with Crippen LogP contribution in [-0.2, 0) is 26.1 Å². The molecular weight excluding hydrogens is 354 g/mol. The molecular formula is C15H24ClN3O4S. The lowest BCUT2D eigenvalue weighted by molar-refractivity contribution is -0.128. The molecule has 0 saturated carbocycles. The van der Waals surface area contributed by atoms with Crippen molar-refractivity contribution in [1.82, 2.24) is 15.4 Å². The van der Waals surface area contributed by atoms with Crippen molar-refractivity contribution >= 4 is 28.3 Å². The zero-order valence-electron chi connectivity index (χ0n) is 13.5. The van der Waals surface area contributed by atoms with Crippen LogP contribution in [-0.4, -0.2) is 51.9 Å². The third-order valence-electron chi connectivity index (χ3n) is 3.61. The van der Waals surface area contributed by atoms with Gasteiger partial charge in [-0.3, -0.25) is 4.79 Å². The number of benzene rings is 1. The van der Waals surface area contributed by atoms with E-state index in [9.17, 15) is 13.2 Å². The molecule has 0 radical (unpaired) electrons. The quantitative estimate of drug-likeness (QED) is 0.622. The minimum absolute atomic E-state index is 0. The molecule has 0 aliphatic carbocycles. The lowest BCUT2D eigenvalue weighted by atomic mass is 10.1. The second-order valence-electron chi connectivity index (χ2n) is 5.42. The highest BCUT2D eigenvalue weighted by molar-refractivity contribution is 7.89. The molecule has 1 amide bonds. The predicted octanol–water partition coefficient (Wildman–Crippen LogP) is 0.0209. The van der Waals surface area contributed by atoms with Crippen LogP contribution in [0.5, 0.6) is 0 Å². The Morgan fingerprint density at radius 2 is 2.04 bits per heavy atom. The first-order valence-electron chi connectivity index (χ1n) is 7.62. The molecule has 1 heterocycles. The monoisotopic (exact) mass is 377 g/mol. The first-order valence-corrected chi connectivity index (χ1v) is 9.27. The molecule has 2 atom stereocenters. The number of nitrogens with one attached hydrogen (secondary N) is 3. The van der Waals surface area contributed by atoms with E-state index in [1.165, 1.54) is 0 Å². The van der Waals surface area contributed by atoms with Gasteiger partial charge >= 0.3 is 0 Å². The normalized spacial score (nSPS) is 20.9. The Balaban J connectivity index is 0.00000288. The van der Waals surface area contributed by atoms with Gasteiger partial charge in [-0.2, -0.15) is 0 Å². The third-order valence-corrected chi connectivity index (χ3v) is 4.93. The molecule has 0 spiro atoms. The van der Waals surface area contributed by atoms with Gasteiger partial charge in [0.1, 0.15) is 6.04 Å². The van der Waals surface area contributed by atoms with Crippen LogP contribution in [0.4, 0.5) is 0 Å². The van der Waals surface area contributed by atoms with Gasteiger partial charge in [0.25, 0.3) is 0 Å². The fourth-order valence-corrected chi connectivity index (χ4v) is 3.21. The molecule has 9 heteroatoms. The lowest BCUT2D eigenvalue weighted by Gasteiger charge is -2.29. The summed E-state index contributed by atoms with van der Waals surface area (Å²) in [5.74, 6) is -0.400. The number of morpholine rings is 1. The van der Waals surface area contributed by atoms with E-state index >= 15 is 0 Å². The summed E-state index contributed by atoms with van der Waals surface area (Å²) in [7, 11) is -3.44. The van der Waals surface area contributed by atoms with Crippen molar-refractivity contribution in [2.75, 3.05) is 25.4 Å². The van der Waals surface area contributed by atoms with E-state index in [4.69, 9.17) is 4.74 Å². The Kier molecular flexibility index (Phi) is 8.65. The summed E-state index contributed by atoms with van der Waals surface area (Å²) >= 11 is 0. The summed E-state index contributed by atoms with van der Waals surface area (Å²) in [6.07, 6.45) is -0.225. The predicted molar refractivity (Wildman–Crippen MR) is 94.5 cm³/mol. The van der Waals surface area contributed by atoms with E-state index in [2.05, 4.69) is 15.4 Å². The average molecular weight is 378 g/mol. The fourth-order valence-electron chi connectivity index (χ4n) is 2.31. The van der Waals surface area contributed by atoms with Gasteiger partial charge in [0.2, 0.25) is 15.9 Å². The molecule has 1 aromatic rings. The number of ether oxygens (including phenoxy) is 1. The highest BCUT2D eigenvalue weighted by Crippen LogP contribution is 2.03. The largest absolute Gasteiger partial charge is 0.375 e. The van der Waals surface area contributed by atoms with Crippen molar-refractivity contribution in [2.24, 2.45) is 0 Å². The van der Waals surface area contributed by atoms with Gasteiger partial charge in [-0.05, 0) is 12.5 Å². The summed E-state index contributed by atoms with van der Waals surface area (Å²) in [6.45, 7) is 3.30. The Labute approximate surface area is 149 Å². The van der Waals surface area contributed by atoms with Crippen molar-refractivity contribution in [2.45, 2.75) is 25.6 Å². The van der Waals surface area contributed by atoms with E-state index < -0.39 is 16.1 Å². The van der Waals surface area contributed by atoms with E-state index in [0.717, 1.165) is 5.56 Å². The van der Waals surface area contributed by atoms with Gasteiger partial charge in [0, 0.05) is 19.6 Å². The molecule has 24 heavy (non-hydrogen) atoms.